The number of hydrogen-bond donors (Lipinski definition) is 3. The van der Waals surface area contributed by atoms with Gasteiger partial charge in [-0.25, -0.2) is 0 Å². The number of anilines is 1. The summed E-state index contributed by atoms with van der Waals surface area (Å²) >= 11 is 4.92. The van der Waals surface area contributed by atoms with E-state index in [-0.39, 0.29) is 5.92 Å². The number of benzene rings is 5. The second kappa shape index (κ2) is 8.45. The van der Waals surface area contributed by atoms with Gasteiger partial charge in [0.2, 0.25) is 0 Å². The highest BCUT2D eigenvalue weighted by atomic mass is 32.1. The minimum Gasteiger partial charge on any atom is -0.398 e. The third-order valence-corrected chi connectivity index (χ3v) is 6.52. The first-order valence-electron chi connectivity index (χ1n) is 10.6. The van der Waals surface area contributed by atoms with E-state index in [0.29, 0.717) is 5.69 Å². The van der Waals surface area contributed by atoms with Gasteiger partial charge < -0.3 is 11.5 Å². The number of hydrogen-bond acceptors (Lipinski definition) is 3. The molecule has 1 unspecified atom stereocenters. The number of allylic oxidation sites excluding steroid dienone is 1. The van der Waals surface area contributed by atoms with Gasteiger partial charge in [-0.2, -0.15) is 0 Å². The van der Waals surface area contributed by atoms with Crippen molar-refractivity contribution in [3.8, 4) is 0 Å². The van der Waals surface area contributed by atoms with Crippen molar-refractivity contribution >= 4 is 45.6 Å². The number of thiol groups is 1. The molecule has 32 heavy (non-hydrogen) atoms. The first kappa shape index (κ1) is 20.2. The predicted octanol–water partition coefficient (Wildman–Crippen LogP) is 7.00. The molecule has 0 saturated heterocycles. The molecule has 0 saturated carbocycles. The van der Waals surface area contributed by atoms with Gasteiger partial charge in [-0.05, 0) is 45.0 Å². The lowest BCUT2D eigenvalue weighted by Crippen LogP contribution is -2.06. The Morgan fingerprint density at radius 1 is 0.750 bits per heavy atom. The molecule has 2 nitrogen and oxygen atoms in total. The molecular formula is C29H24N2S. The van der Waals surface area contributed by atoms with Gasteiger partial charge in [-0.3, -0.25) is 0 Å². The van der Waals surface area contributed by atoms with E-state index in [1.807, 2.05) is 60.7 Å². The fraction of sp³-hybridized carbons (Fsp3) is 0.0345. The molecule has 3 heteroatoms. The van der Waals surface area contributed by atoms with E-state index >= 15 is 0 Å². The van der Waals surface area contributed by atoms with E-state index in [9.17, 15) is 0 Å². The molecule has 5 aromatic rings. The SMILES string of the molecule is N/C(=C\C(c1ccccc1)c1cc2ccc3ccccc3c2c(N)c1S)c1ccccc1. The molecule has 0 radical (unpaired) electrons. The molecule has 0 aromatic heterocycles. The minimum absolute atomic E-state index is 0.0814. The van der Waals surface area contributed by atoms with Crippen molar-refractivity contribution in [2.75, 3.05) is 5.73 Å². The molecule has 0 spiro atoms. The fourth-order valence-corrected chi connectivity index (χ4v) is 4.70. The molecule has 156 valence electrons. The monoisotopic (exact) mass is 432 g/mol. The summed E-state index contributed by atoms with van der Waals surface area (Å²) in [6, 6.07) is 35.2. The standard InChI is InChI=1S/C29H24N2S/c30-26(21-12-5-2-6-13-21)18-24(19-9-3-1-4-10-19)25-17-22-16-15-20-11-7-8-14-23(20)27(22)28(31)29(25)32/h1-18,24,32H,30-31H2/b26-18-. The topological polar surface area (TPSA) is 52.0 Å². The molecule has 4 N–H and O–H groups in total. The third-order valence-electron chi connectivity index (χ3n) is 6.02. The highest BCUT2D eigenvalue weighted by Crippen LogP contribution is 2.41. The molecule has 5 aromatic carbocycles. The Morgan fingerprint density at radius 3 is 2.12 bits per heavy atom. The second-order valence-corrected chi connectivity index (χ2v) is 8.44. The molecule has 0 aliphatic rings. The molecule has 0 amide bonds. The average Bonchev–Trinajstić information content (AvgIpc) is 2.85. The van der Waals surface area contributed by atoms with Crippen molar-refractivity contribution in [1.82, 2.24) is 0 Å². The van der Waals surface area contributed by atoms with Crippen LogP contribution < -0.4 is 11.5 Å². The lowest BCUT2D eigenvalue weighted by Gasteiger charge is -2.21. The van der Waals surface area contributed by atoms with Crippen LogP contribution in [0.1, 0.15) is 22.6 Å². The maximum atomic E-state index is 6.71. The third kappa shape index (κ3) is 3.61. The quantitative estimate of drug-likeness (QED) is 0.163. The van der Waals surface area contributed by atoms with Crippen LogP contribution in [0.3, 0.4) is 0 Å². The van der Waals surface area contributed by atoms with Crippen LogP contribution in [0, 0.1) is 0 Å². The van der Waals surface area contributed by atoms with E-state index in [2.05, 4.69) is 48.5 Å². The Hall–Kier alpha value is -3.69. The Kier molecular flexibility index (Phi) is 5.34. The van der Waals surface area contributed by atoms with Gasteiger partial charge >= 0.3 is 0 Å². The average molecular weight is 433 g/mol. The van der Waals surface area contributed by atoms with Gasteiger partial charge in [0.15, 0.2) is 0 Å². The van der Waals surface area contributed by atoms with Gasteiger partial charge in [0.1, 0.15) is 0 Å². The first-order valence-corrected chi connectivity index (χ1v) is 11.1. The zero-order chi connectivity index (χ0) is 22.1. The lowest BCUT2D eigenvalue weighted by atomic mass is 9.87. The molecule has 1 atom stereocenters. The molecule has 5 rings (SSSR count). The zero-order valence-electron chi connectivity index (χ0n) is 17.6. The number of rotatable bonds is 4. The molecule has 0 fully saturated rings. The van der Waals surface area contributed by atoms with E-state index in [1.54, 1.807) is 0 Å². The summed E-state index contributed by atoms with van der Waals surface area (Å²) in [5, 5.41) is 4.45. The van der Waals surface area contributed by atoms with Crippen molar-refractivity contribution in [2.45, 2.75) is 10.8 Å². The highest BCUT2D eigenvalue weighted by molar-refractivity contribution is 7.80. The predicted molar refractivity (Wildman–Crippen MR) is 140 cm³/mol. The molecule has 0 aliphatic heterocycles. The normalized spacial score (nSPS) is 12.8. The summed E-state index contributed by atoms with van der Waals surface area (Å²) in [4.78, 5) is 0.791. The largest absolute Gasteiger partial charge is 0.398 e. The van der Waals surface area contributed by atoms with Crippen molar-refractivity contribution in [3.63, 3.8) is 0 Å². The van der Waals surface area contributed by atoms with Gasteiger partial charge in [-0.15, -0.1) is 12.6 Å². The molecular weight excluding hydrogens is 408 g/mol. The van der Waals surface area contributed by atoms with Crippen molar-refractivity contribution in [3.05, 3.63) is 126 Å². The Labute approximate surface area is 193 Å². The van der Waals surface area contributed by atoms with Crippen LogP contribution in [0.25, 0.3) is 27.2 Å². The van der Waals surface area contributed by atoms with Crippen LogP contribution in [-0.4, -0.2) is 0 Å². The van der Waals surface area contributed by atoms with E-state index in [0.717, 1.165) is 43.4 Å². The van der Waals surface area contributed by atoms with Gasteiger partial charge in [0.05, 0.1) is 5.69 Å². The maximum absolute atomic E-state index is 6.71. The van der Waals surface area contributed by atoms with Gasteiger partial charge in [0, 0.05) is 21.9 Å². The minimum atomic E-state index is -0.0814. The van der Waals surface area contributed by atoms with Crippen molar-refractivity contribution < 1.29 is 0 Å². The van der Waals surface area contributed by atoms with E-state index in [1.165, 1.54) is 5.39 Å². The lowest BCUT2D eigenvalue weighted by molar-refractivity contribution is 0.994. The fourth-order valence-electron chi connectivity index (χ4n) is 4.39. The second-order valence-electron chi connectivity index (χ2n) is 7.99. The van der Waals surface area contributed by atoms with Gasteiger partial charge in [-0.1, -0.05) is 97.1 Å². The first-order chi connectivity index (χ1) is 15.6. The van der Waals surface area contributed by atoms with E-state index in [4.69, 9.17) is 24.1 Å². The van der Waals surface area contributed by atoms with Crippen molar-refractivity contribution in [1.29, 1.82) is 0 Å². The Bertz CT molecular complexity index is 1440. The Morgan fingerprint density at radius 2 is 1.38 bits per heavy atom. The molecule has 0 bridgehead atoms. The molecule has 0 aliphatic carbocycles. The van der Waals surface area contributed by atoms with Crippen molar-refractivity contribution in [2.24, 2.45) is 5.73 Å². The molecule has 0 heterocycles. The van der Waals surface area contributed by atoms with Crippen LogP contribution in [0.2, 0.25) is 0 Å². The van der Waals surface area contributed by atoms with Crippen LogP contribution in [-0.2, 0) is 0 Å². The van der Waals surface area contributed by atoms with Crippen LogP contribution in [0.5, 0.6) is 0 Å². The maximum Gasteiger partial charge on any atom is 0.0538 e. The van der Waals surface area contributed by atoms with Crippen LogP contribution in [0.4, 0.5) is 5.69 Å². The van der Waals surface area contributed by atoms with Crippen LogP contribution in [0.15, 0.2) is 114 Å². The number of fused-ring (bicyclic) bond motifs is 3. The summed E-state index contributed by atoms with van der Waals surface area (Å²) in [5.74, 6) is -0.0814. The summed E-state index contributed by atoms with van der Waals surface area (Å²) in [6.07, 6.45) is 2.10. The summed E-state index contributed by atoms with van der Waals surface area (Å²) in [5.41, 5.74) is 17.9. The summed E-state index contributed by atoms with van der Waals surface area (Å²) in [6.45, 7) is 0. The van der Waals surface area contributed by atoms with Gasteiger partial charge in [0.25, 0.3) is 0 Å². The van der Waals surface area contributed by atoms with Crippen LogP contribution >= 0.6 is 12.6 Å². The Balaban J connectivity index is 1.75. The summed E-state index contributed by atoms with van der Waals surface area (Å²) < 4.78 is 0. The zero-order valence-corrected chi connectivity index (χ0v) is 18.5. The summed E-state index contributed by atoms with van der Waals surface area (Å²) in [7, 11) is 0. The smallest absolute Gasteiger partial charge is 0.0538 e. The highest BCUT2D eigenvalue weighted by Gasteiger charge is 2.19. The number of nitrogen functional groups attached to an aromatic ring is 1. The van der Waals surface area contributed by atoms with E-state index < -0.39 is 0 Å². The number of nitrogens with two attached hydrogens (primary N) is 2.